The van der Waals surface area contributed by atoms with Crippen molar-refractivity contribution in [3.63, 3.8) is 0 Å². The Morgan fingerprint density at radius 2 is 2.26 bits per heavy atom. The molecule has 0 aliphatic carbocycles. The van der Waals surface area contributed by atoms with E-state index in [1.807, 2.05) is 7.05 Å². The fourth-order valence-electron chi connectivity index (χ4n) is 2.93. The van der Waals surface area contributed by atoms with Crippen LogP contribution in [-0.2, 0) is 16.0 Å². The summed E-state index contributed by atoms with van der Waals surface area (Å²) < 4.78 is 12.8. The lowest BCUT2D eigenvalue weighted by Crippen LogP contribution is -2.53. The van der Waals surface area contributed by atoms with Crippen LogP contribution in [0.4, 0.5) is 0 Å². The van der Waals surface area contributed by atoms with Crippen LogP contribution in [0.25, 0.3) is 0 Å². The fraction of sp³-hybridized carbons (Fsp3) is 0.667. The number of halogens is 2. The number of hydrogen-bond donors (Lipinski definition) is 1. The third-order valence-corrected chi connectivity index (χ3v) is 5.72. The van der Waals surface area contributed by atoms with Gasteiger partial charge in [0, 0.05) is 41.5 Å². The maximum atomic E-state index is 5.90. The zero-order valence-corrected chi connectivity index (χ0v) is 17.9. The molecule has 1 aromatic heterocycles. The lowest BCUT2D eigenvalue weighted by Gasteiger charge is -2.37. The summed E-state index contributed by atoms with van der Waals surface area (Å²) in [4.78, 5) is 7.99. The minimum Gasteiger partial charge on any atom is -0.375 e. The molecule has 2 aliphatic heterocycles. The van der Waals surface area contributed by atoms with Gasteiger partial charge in [-0.15, -0.1) is 35.3 Å². The Labute approximate surface area is 167 Å². The first-order chi connectivity index (χ1) is 10.8. The van der Waals surface area contributed by atoms with Crippen molar-refractivity contribution in [1.82, 2.24) is 10.2 Å². The van der Waals surface area contributed by atoms with Gasteiger partial charge in [-0.1, -0.05) is 0 Å². The van der Waals surface area contributed by atoms with E-state index in [0.717, 1.165) is 56.1 Å². The molecule has 23 heavy (non-hydrogen) atoms. The van der Waals surface area contributed by atoms with E-state index in [0.29, 0.717) is 0 Å². The number of rotatable bonds is 3. The molecule has 5 nitrogen and oxygen atoms in total. The molecule has 3 heterocycles. The molecular formula is C15H23BrIN3O2S. The molecule has 1 N–H and O–H groups in total. The van der Waals surface area contributed by atoms with Gasteiger partial charge in [0.25, 0.3) is 0 Å². The van der Waals surface area contributed by atoms with Gasteiger partial charge in [0.05, 0.1) is 19.3 Å². The number of morpholine rings is 1. The molecule has 130 valence electrons. The Morgan fingerprint density at radius 1 is 1.43 bits per heavy atom. The fourth-order valence-corrected chi connectivity index (χ4v) is 4.32. The third kappa shape index (κ3) is 5.29. The Morgan fingerprint density at radius 3 is 2.91 bits per heavy atom. The summed E-state index contributed by atoms with van der Waals surface area (Å²) in [5.41, 5.74) is 0. The first-order valence-electron chi connectivity index (χ1n) is 7.68. The summed E-state index contributed by atoms with van der Waals surface area (Å²) in [5.74, 6) is 0.941. The quantitative estimate of drug-likeness (QED) is 0.382. The van der Waals surface area contributed by atoms with Gasteiger partial charge < -0.3 is 19.7 Å². The highest BCUT2D eigenvalue weighted by Gasteiger charge is 2.32. The first-order valence-corrected chi connectivity index (χ1v) is 9.35. The molecule has 1 aromatic rings. The number of ether oxygens (including phenoxy) is 2. The van der Waals surface area contributed by atoms with Gasteiger partial charge in [-0.25, -0.2) is 0 Å². The van der Waals surface area contributed by atoms with Crippen LogP contribution >= 0.6 is 51.2 Å². The molecular weight excluding hydrogens is 493 g/mol. The number of guanidine groups is 1. The van der Waals surface area contributed by atoms with Crippen molar-refractivity contribution >= 4 is 57.2 Å². The molecule has 0 bridgehead atoms. The average Bonchev–Trinajstić information content (AvgIpc) is 3.20. The number of nitrogens with zero attached hydrogens (tertiary/aromatic N) is 2. The molecule has 2 saturated heterocycles. The van der Waals surface area contributed by atoms with Gasteiger partial charge >= 0.3 is 0 Å². The topological polar surface area (TPSA) is 46.1 Å². The highest BCUT2D eigenvalue weighted by atomic mass is 127. The van der Waals surface area contributed by atoms with Crippen molar-refractivity contribution in [3.05, 3.63) is 20.8 Å². The summed E-state index contributed by atoms with van der Waals surface area (Å²) in [6.07, 6.45) is 2.65. The molecule has 0 saturated carbocycles. The van der Waals surface area contributed by atoms with Gasteiger partial charge in [0.1, 0.15) is 6.10 Å². The molecule has 0 radical (unpaired) electrons. The second-order valence-corrected chi connectivity index (χ2v) is 7.45. The van der Waals surface area contributed by atoms with Crippen LogP contribution in [0.5, 0.6) is 0 Å². The van der Waals surface area contributed by atoms with Crippen LogP contribution in [0.1, 0.15) is 17.7 Å². The average molecular weight is 516 g/mol. The Kier molecular flexibility index (Phi) is 8.06. The largest absolute Gasteiger partial charge is 0.375 e. The number of nitrogens with one attached hydrogen (secondary N) is 1. The molecule has 2 atom stereocenters. The minimum absolute atomic E-state index is 0. The molecule has 2 unspecified atom stereocenters. The predicted molar refractivity (Wildman–Crippen MR) is 108 cm³/mol. The smallest absolute Gasteiger partial charge is 0.194 e. The van der Waals surface area contributed by atoms with Gasteiger partial charge in [-0.2, -0.15) is 0 Å². The first kappa shape index (κ1) is 19.4. The Balaban J connectivity index is 0.00000192. The standard InChI is InChI=1S/C15H22BrN3O2S.HI/c1-17-15(18-8-12-7-11(16)10-22-12)19-4-6-21-14(9-19)13-3-2-5-20-13;/h7,10,13-14H,2-6,8-9H2,1H3,(H,17,18);1H. The van der Waals surface area contributed by atoms with Crippen molar-refractivity contribution < 1.29 is 9.47 Å². The maximum Gasteiger partial charge on any atom is 0.194 e. The molecule has 8 heteroatoms. The van der Waals surface area contributed by atoms with Crippen LogP contribution in [0.15, 0.2) is 20.9 Å². The SMILES string of the molecule is CN=C(NCc1cc(Br)cs1)N1CCOC(C2CCCO2)C1.I. The molecule has 2 aliphatic rings. The number of aliphatic imine (C=N–C) groups is 1. The van der Waals surface area contributed by atoms with E-state index in [1.165, 1.54) is 4.88 Å². The van der Waals surface area contributed by atoms with E-state index in [4.69, 9.17) is 9.47 Å². The minimum atomic E-state index is 0. The van der Waals surface area contributed by atoms with E-state index < -0.39 is 0 Å². The Bertz CT molecular complexity index is 523. The van der Waals surface area contributed by atoms with E-state index in [1.54, 1.807) is 11.3 Å². The highest BCUT2D eigenvalue weighted by molar-refractivity contribution is 14.0. The zero-order chi connectivity index (χ0) is 15.4. The monoisotopic (exact) mass is 515 g/mol. The van der Waals surface area contributed by atoms with E-state index in [-0.39, 0.29) is 36.2 Å². The van der Waals surface area contributed by atoms with Crippen LogP contribution in [0.2, 0.25) is 0 Å². The van der Waals surface area contributed by atoms with Crippen LogP contribution in [0.3, 0.4) is 0 Å². The second-order valence-electron chi connectivity index (χ2n) is 5.54. The normalized spacial score (nSPS) is 25.3. The molecule has 0 spiro atoms. The summed E-state index contributed by atoms with van der Waals surface area (Å²) in [5, 5.41) is 5.55. The molecule has 2 fully saturated rings. The van der Waals surface area contributed by atoms with Gasteiger partial charge in [-0.3, -0.25) is 4.99 Å². The van der Waals surface area contributed by atoms with Crippen molar-refractivity contribution in [3.8, 4) is 0 Å². The second kappa shape index (κ2) is 9.55. The maximum absolute atomic E-state index is 5.90. The summed E-state index contributed by atoms with van der Waals surface area (Å²) >= 11 is 5.23. The van der Waals surface area contributed by atoms with Crippen molar-refractivity contribution in [2.75, 3.05) is 33.4 Å². The van der Waals surface area contributed by atoms with Crippen molar-refractivity contribution in [1.29, 1.82) is 0 Å². The van der Waals surface area contributed by atoms with Gasteiger partial charge in [-0.05, 0) is 34.8 Å². The summed E-state index contributed by atoms with van der Waals surface area (Å²) in [6.45, 7) is 4.11. The lowest BCUT2D eigenvalue weighted by atomic mass is 10.1. The lowest BCUT2D eigenvalue weighted by molar-refractivity contribution is -0.0817. The Hall–Kier alpha value is 0.1000. The molecule has 0 amide bonds. The van der Waals surface area contributed by atoms with Crippen LogP contribution < -0.4 is 5.32 Å². The summed E-state index contributed by atoms with van der Waals surface area (Å²) in [6, 6.07) is 2.14. The van der Waals surface area contributed by atoms with Crippen LogP contribution in [0, 0.1) is 0 Å². The zero-order valence-electron chi connectivity index (χ0n) is 13.2. The third-order valence-electron chi connectivity index (χ3n) is 4.03. The van der Waals surface area contributed by atoms with Crippen molar-refractivity contribution in [2.45, 2.75) is 31.6 Å². The van der Waals surface area contributed by atoms with E-state index in [9.17, 15) is 0 Å². The van der Waals surface area contributed by atoms with Gasteiger partial charge in [0.15, 0.2) is 5.96 Å². The summed E-state index contributed by atoms with van der Waals surface area (Å²) in [7, 11) is 1.84. The predicted octanol–water partition coefficient (Wildman–Crippen LogP) is 3.08. The highest BCUT2D eigenvalue weighted by Crippen LogP contribution is 2.22. The van der Waals surface area contributed by atoms with E-state index >= 15 is 0 Å². The van der Waals surface area contributed by atoms with Crippen molar-refractivity contribution in [2.24, 2.45) is 4.99 Å². The van der Waals surface area contributed by atoms with E-state index in [2.05, 4.69) is 42.6 Å². The number of thiophene rings is 1. The molecule has 3 rings (SSSR count). The number of hydrogen-bond acceptors (Lipinski definition) is 4. The van der Waals surface area contributed by atoms with Gasteiger partial charge in [0.2, 0.25) is 0 Å². The van der Waals surface area contributed by atoms with Crippen LogP contribution in [-0.4, -0.2) is 56.4 Å². The molecule has 0 aromatic carbocycles.